The molecule has 0 fully saturated rings. The molecule has 2 amide bonds. The number of nitrogens with one attached hydrogen (secondary N) is 1. The summed E-state index contributed by atoms with van der Waals surface area (Å²) in [5.74, 6) is -0.682. The minimum absolute atomic E-state index is 0.236. The summed E-state index contributed by atoms with van der Waals surface area (Å²) in [5, 5.41) is 2.56. The van der Waals surface area contributed by atoms with Gasteiger partial charge >= 0.3 is 0 Å². The number of hydrogen-bond acceptors (Lipinski definition) is 3. The minimum atomic E-state index is -0.695. The van der Waals surface area contributed by atoms with E-state index in [1.165, 1.54) is 29.2 Å². The third-order valence-corrected chi connectivity index (χ3v) is 2.94. The number of carbonyl (C=O) groups excluding carboxylic acids is 2. The van der Waals surface area contributed by atoms with Gasteiger partial charge in [0.2, 0.25) is 5.91 Å². The molecule has 6 heteroatoms. The molecule has 0 saturated carbocycles. The monoisotopic (exact) mass is 320 g/mol. The van der Waals surface area contributed by atoms with E-state index in [9.17, 15) is 14.0 Å². The second-order valence-corrected chi connectivity index (χ2v) is 4.85. The summed E-state index contributed by atoms with van der Waals surface area (Å²) >= 11 is 0. The van der Waals surface area contributed by atoms with E-state index >= 15 is 0 Å². The number of hydrogen-bond donors (Lipinski definition) is 1. The number of ether oxygens (including phenoxy) is 1. The van der Waals surface area contributed by atoms with E-state index in [2.05, 4.69) is 18.5 Å². The average molecular weight is 320 g/mol. The minimum Gasteiger partial charge on any atom is -0.484 e. The van der Waals surface area contributed by atoms with Crippen LogP contribution in [0.15, 0.2) is 49.6 Å². The highest BCUT2D eigenvalue weighted by Gasteiger charge is 2.20. The van der Waals surface area contributed by atoms with E-state index in [1.807, 2.05) is 0 Å². The van der Waals surface area contributed by atoms with Gasteiger partial charge in [-0.15, -0.1) is 13.2 Å². The lowest BCUT2D eigenvalue weighted by molar-refractivity contribution is -0.135. The lowest BCUT2D eigenvalue weighted by Crippen LogP contribution is -2.48. The van der Waals surface area contributed by atoms with Gasteiger partial charge in [-0.2, -0.15) is 0 Å². The molecule has 0 bridgehead atoms. The Labute approximate surface area is 135 Å². The molecule has 124 valence electrons. The first kappa shape index (κ1) is 18.4. The topological polar surface area (TPSA) is 58.6 Å². The molecule has 0 aliphatic carbocycles. The van der Waals surface area contributed by atoms with Gasteiger partial charge in [0.25, 0.3) is 5.91 Å². The Morgan fingerprint density at radius 2 is 1.83 bits per heavy atom. The van der Waals surface area contributed by atoms with Gasteiger partial charge in [-0.25, -0.2) is 4.39 Å². The fraction of sp³-hybridized carbons (Fsp3) is 0.294. The number of rotatable bonds is 9. The zero-order valence-corrected chi connectivity index (χ0v) is 13.1. The van der Waals surface area contributed by atoms with E-state index in [0.29, 0.717) is 18.8 Å². The zero-order chi connectivity index (χ0) is 17.2. The van der Waals surface area contributed by atoms with Crippen molar-refractivity contribution in [1.82, 2.24) is 10.2 Å². The third kappa shape index (κ3) is 6.34. The van der Waals surface area contributed by atoms with Crippen molar-refractivity contribution >= 4 is 11.8 Å². The van der Waals surface area contributed by atoms with Crippen LogP contribution in [0.1, 0.15) is 6.92 Å². The van der Waals surface area contributed by atoms with Gasteiger partial charge in [0.05, 0.1) is 0 Å². The quantitative estimate of drug-likeness (QED) is 0.707. The standard InChI is InChI=1S/C17H21FN2O3/c1-4-10-20(11-5-2)17(22)13(3)19-16(21)12-23-15-8-6-14(18)7-9-15/h4-9,13H,1-2,10-12H2,3H3,(H,19,21). The van der Waals surface area contributed by atoms with Crippen molar-refractivity contribution in [3.63, 3.8) is 0 Å². The Kier molecular flexibility index (Phi) is 7.53. The largest absolute Gasteiger partial charge is 0.484 e. The molecule has 0 radical (unpaired) electrons. The van der Waals surface area contributed by atoms with Crippen molar-refractivity contribution in [3.05, 3.63) is 55.4 Å². The molecular formula is C17H21FN2O3. The van der Waals surface area contributed by atoms with Crippen LogP contribution in [-0.4, -0.2) is 42.5 Å². The van der Waals surface area contributed by atoms with E-state index in [1.54, 1.807) is 19.1 Å². The summed E-state index contributed by atoms with van der Waals surface area (Å²) < 4.78 is 18.0. The van der Waals surface area contributed by atoms with Crippen molar-refractivity contribution in [1.29, 1.82) is 0 Å². The second kappa shape index (κ2) is 9.40. The molecule has 1 aromatic rings. The van der Waals surface area contributed by atoms with Crippen LogP contribution < -0.4 is 10.1 Å². The maximum Gasteiger partial charge on any atom is 0.258 e. The first-order chi connectivity index (χ1) is 11.0. The third-order valence-electron chi connectivity index (χ3n) is 2.94. The van der Waals surface area contributed by atoms with Gasteiger partial charge in [-0.3, -0.25) is 9.59 Å². The van der Waals surface area contributed by atoms with Gasteiger partial charge in [-0.05, 0) is 31.2 Å². The van der Waals surface area contributed by atoms with Gasteiger partial charge in [-0.1, -0.05) is 12.2 Å². The highest BCUT2D eigenvalue weighted by Crippen LogP contribution is 2.10. The lowest BCUT2D eigenvalue weighted by Gasteiger charge is -2.23. The predicted octanol–water partition coefficient (Wildman–Crippen LogP) is 1.91. The van der Waals surface area contributed by atoms with Crippen molar-refractivity contribution in [2.75, 3.05) is 19.7 Å². The number of nitrogens with zero attached hydrogens (tertiary/aromatic N) is 1. The van der Waals surface area contributed by atoms with Crippen LogP contribution in [0.3, 0.4) is 0 Å². The lowest BCUT2D eigenvalue weighted by atomic mass is 10.2. The first-order valence-corrected chi connectivity index (χ1v) is 7.16. The fourth-order valence-corrected chi connectivity index (χ4v) is 1.86. The van der Waals surface area contributed by atoms with Crippen molar-refractivity contribution in [2.45, 2.75) is 13.0 Å². The van der Waals surface area contributed by atoms with Crippen LogP contribution in [0, 0.1) is 5.82 Å². The molecule has 1 N–H and O–H groups in total. The van der Waals surface area contributed by atoms with Gasteiger partial charge < -0.3 is 15.0 Å². The Hall–Kier alpha value is -2.63. The Morgan fingerprint density at radius 1 is 1.26 bits per heavy atom. The zero-order valence-electron chi connectivity index (χ0n) is 13.1. The summed E-state index contributed by atoms with van der Waals surface area (Å²) in [6.45, 7) is 9.27. The normalized spacial score (nSPS) is 11.2. The molecule has 1 aromatic carbocycles. The van der Waals surface area contributed by atoms with E-state index in [-0.39, 0.29) is 18.3 Å². The summed E-state index contributed by atoms with van der Waals surface area (Å²) in [4.78, 5) is 25.5. The highest BCUT2D eigenvalue weighted by atomic mass is 19.1. The van der Waals surface area contributed by atoms with Crippen LogP contribution in [0.25, 0.3) is 0 Å². The number of amides is 2. The predicted molar refractivity (Wildman–Crippen MR) is 86.5 cm³/mol. The van der Waals surface area contributed by atoms with Gasteiger partial charge in [0.15, 0.2) is 6.61 Å². The number of benzene rings is 1. The molecule has 1 rings (SSSR count). The second-order valence-electron chi connectivity index (χ2n) is 4.85. The van der Waals surface area contributed by atoms with Gasteiger partial charge in [0.1, 0.15) is 17.6 Å². The summed E-state index contributed by atoms with van der Waals surface area (Å²) in [6, 6.07) is 4.63. The molecule has 0 saturated heterocycles. The molecule has 1 atom stereocenters. The van der Waals surface area contributed by atoms with E-state index in [4.69, 9.17) is 4.74 Å². The maximum absolute atomic E-state index is 12.8. The number of carbonyl (C=O) groups is 2. The Morgan fingerprint density at radius 3 is 2.35 bits per heavy atom. The van der Waals surface area contributed by atoms with Gasteiger partial charge in [0, 0.05) is 13.1 Å². The molecule has 23 heavy (non-hydrogen) atoms. The summed E-state index contributed by atoms with van der Waals surface area (Å²) in [6.07, 6.45) is 3.21. The summed E-state index contributed by atoms with van der Waals surface area (Å²) in [5.41, 5.74) is 0. The Balaban J connectivity index is 2.48. The molecular weight excluding hydrogens is 299 g/mol. The van der Waals surface area contributed by atoms with Crippen molar-refractivity contribution in [3.8, 4) is 5.75 Å². The molecule has 5 nitrogen and oxygen atoms in total. The first-order valence-electron chi connectivity index (χ1n) is 7.16. The van der Waals surface area contributed by atoms with Crippen LogP contribution >= 0.6 is 0 Å². The van der Waals surface area contributed by atoms with Crippen LogP contribution in [0.4, 0.5) is 4.39 Å². The van der Waals surface area contributed by atoms with Crippen molar-refractivity contribution < 1.29 is 18.7 Å². The highest BCUT2D eigenvalue weighted by molar-refractivity contribution is 5.88. The fourth-order valence-electron chi connectivity index (χ4n) is 1.86. The molecule has 0 heterocycles. The van der Waals surface area contributed by atoms with E-state index in [0.717, 1.165) is 0 Å². The molecule has 0 aromatic heterocycles. The van der Waals surface area contributed by atoms with E-state index < -0.39 is 11.9 Å². The SMILES string of the molecule is C=CCN(CC=C)C(=O)C(C)NC(=O)COc1ccc(F)cc1. The molecule has 0 spiro atoms. The maximum atomic E-state index is 12.8. The molecule has 0 aliphatic rings. The van der Waals surface area contributed by atoms with Crippen molar-refractivity contribution in [2.24, 2.45) is 0 Å². The Bertz CT molecular complexity index is 547. The smallest absolute Gasteiger partial charge is 0.258 e. The number of halogens is 1. The average Bonchev–Trinajstić information content (AvgIpc) is 2.53. The van der Waals surface area contributed by atoms with Crippen LogP contribution in [-0.2, 0) is 9.59 Å². The molecule has 1 unspecified atom stereocenters. The molecule has 0 aliphatic heterocycles. The summed E-state index contributed by atoms with van der Waals surface area (Å²) in [7, 11) is 0. The van der Waals surface area contributed by atoms with Crippen LogP contribution in [0.5, 0.6) is 5.75 Å². The van der Waals surface area contributed by atoms with Crippen LogP contribution in [0.2, 0.25) is 0 Å².